The Morgan fingerprint density at radius 2 is 1.73 bits per heavy atom. The zero-order chi connectivity index (χ0) is 17.5. The molecule has 5 heteroatoms. The zero-order valence-electron chi connectivity index (χ0n) is 14.4. The largest absolute Gasteiger partial charge is 0.372 e. The van der Waals surface area contributed by atoms with E-state index in [0.29, 0.717) is 0 Å². The molecular weight excluding hydrogens is 342 g/mol. The first kappa shape index (κ1) is 15.6. The third kappa shape index (κ3) is 2.59. The zero-order valence-corrected chi connectivity index (χ0v) is 15.2. The fourth-order valence-corrected chi connectivity index (χ4v) is 4.68. The fourth-order valence-electron chi connectivity index (χ4n) is 3.70. The van der Waals surface area contributed by atoms with Crippen molar-refractivity contribution in [2.45, 2.75) is 19.3 Å². The quantitative estimate of drug-likeness (QED) is 0.549. The average Bonchev–Trinajstić information content (AvgIpc) is 3.20. The van der Waals surface area contributed by atoms with E-state index < -0.39 is 0 Å². The topological polar surface area (TPSA) is 37.6 Å². The number of anilines is 1. The van der Waals surface area contributed by atoms with Gasteiger partial charge in [0, 0.05) is 18.8 Å². The van der Waals surface area contributed by atoms with Gasteiger partial charge >= 0.3 is 0 Å². The molecule has 4 aromatic rings. The van der Waals surface area contributed by atoms with E-state index >= 15 is 0 Å². The van der Waals surface area contributed by atoms with Crippen molar-refractivity contribution in [1.82, 2.24) is 9.38 Å². The molecule has 1 aliphatic heterocycles. The number of benzene rings is 2. The van der Waals surface area contributed by atoms with Crippen molar-refractivity contribution in [1.29, 1.82) is 0 Å². The minimum atomic E-state index is 0.0128. The molecule has 2 aromatic carbocycles. The van der Waals surface area contributed by atoms with Crippen LogP contribution in [0.5, 0.6) is 0 Å². The summed E-state index contributed by atoms with van der Waals surface area (Å²) in [5.41, 5.74) is 4.09. The normalized spacial score (nSPS) is 16.0. The van der Waals surface area contributed by atoms with Crippen LogP contribution >= 0.6 is 11.3 Å². The Labute approximate surface area is 155 Å². The highest BCUT2D eigenvalue weighted by Crippen LogP contribution is 2.20. The van der Waals surface area contributed by atoms with E-state index in [1.807, 2.05) is 30.3 Å². The number of thiazole rings is 1. The van der Waals surface area contributed by atoms with Gasteiger partial charge in [-0.2, -0.15) is 0 Å². The van der Waals surface area contributed by atoms with Gasteiger partial charge in [0.1, 0.15) is 0 Å². The average molecular weight is 361 g/mol. The summed E-state index contributed by atoms with van der Waals surface area (Å²) in [5, 5.41) is 0. The van der Waals surface area contributed by atoms with Crippen LogP contribution in [0.3, 0.4) is 0 Å². The minimum absolute atomic E-state index is 0.0128. The Bertz CT molecular complexity index is 1180. The predicted octanol–water partition coefficient (Wildman–Crippen LogP) is 3.45. The lowest BCUT2D eigenvalue weighted by atomic mass is 10.1. The highest BCUT2D eigenvalue weighted by Gasteiger charge is 2.12. The molecule has 1 fully saturated rings. The van der Waals surface area contributed by atoms with Gasteiger partial charge in [-0.1, -0.05) is 35.6 Å². The van der Waals surface area contributed by atoms with Crippen LogP contribution in [0.2, 0.25) is 0 Å². The molecule has 3 heterocycles. The second kappa shape index (κ2) is 6.25. The molecule has 4 nitrogen and oxygen atoms in total. The van der Waals surface area contributed by atoms with Crippen LogP contribution in [-0.2, 0) is 0 Å². The van der Waals surface area contributed by atoms with Crippen molar-refractivity contribution in [3.05, 3.63) is 69.0 Å². The minimum Gasteiger partial charge on any atom is -0.372 e. The maximum Gasteiger partial charge on any atom is 0.274 e. The van der Waals surface area contributed by atoms with Gasteiger partial charge in [-0.3, -0.25) is 4.79 Å². The highest BCUT2D eigenvalue weighted by atomic mass is 32.1. The van der Waals surface area contributed by atoms with Gasteiger partial charge in [-0.25, -0.2) is 9.38 Å². The van der Waals surface area contributed by atoms with Crippen LogP contribution < -0.4 is 15.0 Å². The number of nitrogens with zero attached hydrogens (tertiary/aromatic N) is 3. The molecule has 0 spiro atoms. The molecule has 1 saturated heterocycles. The highest BCUT2D eigenvalue weighted by molar-refractivity contribution is 7.15. The predicted molar refractivity (Wildman–Crippen MR) is 108 cm³/mol. The molecule has 0 saturated carbocycles. The molecule has 1 aliphatic rings. The SMILES string of the molecule is O=c1/c(=C\c2ccc(N3CCCCC3)cc2)sc2nc3ccccc3n12. The first-order valence-corrected chi connectivity index (χ1v) is 9.88. The molecule has 0 N–H and O–H groups in total. The summed E-state index contributed by atoms with van der Waals surface area (Å²) >= 11 is 1.45. The van der Waals surface area contributed by atoms with Crippen LogP contribution in [0.1, 0.15) is 24.8 Å². The van der Waals surface area contributed by atoms with Gasteiger partial charge in [0.15, 0.2) is 4.96 Å². The Hall–Kier alpha value is -2.66. The second-order valence-electron chi connectivity index (χ2n) is 6.77. The lowest BCUT2D eigenvalue weighted by Crippen LogP contribution is -2.29. The molecule has 0 amide bonds. The van der Waals surface area contributed by atoms with Gasteiger partial charge < -0.3 is 4.90 Å². The number of hydrogen-bond donors (Lipinski definition) is 0. The molecule has 0 atom stereocenters. The van der Waals surface area contributed by atoms with E-state index in [2.05, 4.69) is 34.1 Å². The van der Waals surface area contributed by atoms with Crippen LogP contribution in [-0.4, -0.2) is 22.5 Å². The van der Waals surface area contributed by atoms with Crippen molar-refractivity contribution >= 4 is 39.1 Å². The number of aromatic nitrogens is 2. The van der Waals surface area contributed by atoms with E-state index in [0.717, 1.165) is 39.2 Å². The number of rotatable bonds is 2. The molecule has 2 aromatic heterocycles. The maximum atomic E-state index is 12.8. The van der Waals surface area contributed by atoms with Crippen molar-refractivity contribution in [3.8, 4) is 0 Å². The number of fused-ring (bicyclic) bond motifs is 3. The monoisotopic (exact) mass is 361 g/mol. The lowest BCUT2D eigenvalue weighted by molar-refractivity contribution is 0.578. The molecule has 5 rings (SSSR count). The Kier molecular flexibility index (Phi) is 3.75. The molecule has 0 aliphatic carbocycles. The van der Waals surface area contributed by atoms with E-state index in [9.17, 15) is 4.79 Å². The Balaban J connectivity index is 1.54. The maximum absolute atomic E-state index is 12.8. The number of para-hydroxylation sites is 2. The van der Waals surface area contributed by atoms with Crippen LogP contribution in [0, 0.1) is 0 Å². The summed E-state index contributed by atoms with van der Waals surface area (Å²) in [6, 6.07) is 16.3. The number of imidazole rings is 1. The van der Waals surface area contributed by atoms with Gasteiger partial charge in [-0.15, -0.1) is 0 Å². The molecule has 0 radical (unpaired) electrons. The summed E-state index contributed by atoms with van der Waals surface area (Å²) in [4.78, 5) is 20.6. The van der Waals surface area contributed by atoms with E-state index in [1.54, 1.807) is 4.40 Å². The van der Waals surface area contributed by atoms with Gasteiger partial charge in [0.2, 0.25) is 0 Å². The molecular formula is C21H19N3OS. The van der Waals surface area contributed by atoms with Crippen LogP contribution in [0.4, 0.5) is 5.69 Å². The van der Waals surface area contributed by atoms with Gasteiger partial charge in [0.25, 0.3) is 5.56 Å². The molecule has 26 heavy (non-hydrogen) atoms. The lowest BCUT2D eigenvalue weighted by Gasteiger charge is -2.28. The molecule has 130 valence electrons. The Morgan fingerprint density at radius 1 is 0.962 bits per heavy atom. The third-order valence-corrected chi connectivity index (χ3v) is 6.03. The summed E-state index contributed by atoms with van der Waals surface area (Å²) in [5.74, 6) is 0. The number of piperidine rings is 1. The fraction of sp³-hybridized carbons (Fsp3) is 0.238. The van der Waals surface area contributed by atoms with E-state index in [4.69, 9.17) is 0 Å². The summed E-state index contributed by atoms with van der Waals surface area (Å²) in [6.45, 7) is 2.28. The van der Waals surface area contributed by atoms with Crippen LogP contribution in [0.15, 0.2) is 53.3 Å². The smallest absolute Gasteiger partial charge is 0.274 e. The van der Waals surface area contributed by atoms with Gasteiger partial charge in [-0.05, 0) is 55.2 Å². The Morgan fingerprint density at radius 3 is 2.54 bits per heavy atom. The third-order valence-electron chi connectivity index (χ3n) is 5.06. The summed E-state index contributed by atoms with van der Waals surface area (Å²) in [6.07, 6.45) is 5.85. The van der Waals surface area contributed by atoms with Crippen molar-refractivity contribution in [2.24, 2.45) is 0 Å². The first-order chi connectivity index (χ1) is 12.8. The standard InChI is InChI=1S/C21H19N3OS/c25-20-19(26-21-22-17-6-2-3-7-18(17)24(20)21)14-15-8-10-16(11-9-15)23-12-4-1-5-13-23/h2-3,6-11,14H,1,4-5,12-13H2/b19-14+. The van der Waals surface area contributed by atoms with Gasteiger partial charge in [0.05, 0.1) is 15.6 Å². The van der Waals surface area contributed by atoms with Crippen molar-refractivity contribution < 1.29 is 0 Å². The summed E-state index contributed by atoms with van der Waals surface area (Å²) in [7, 11) is 0. The van der Waals surface area contributed by atoms with E-state index in [-0.39, 0.29) is 5.56 Å². The van der Waals surface area contributed by atoms with Crippen molar-refractivity contribution in [2.75, 3.05) is 18.0 Å². The summed E-state index contributed by atoms with van der Waals surface area (Å²) < 4.78 is 2.44. The second-order valence-corrected chi connectivity index (χ2v) is 7.78. The first-order valence-electron chi connectivity index (χ1n) is 9.06. The molecule has 0 bridgehead atoms. The molecule has 0 unspecified atom stereocenters. The number of hydrogen-bond acceptors (Lipinski definition) is 4. The van der Waals surface area contributed by atoms with Crippen LogP contribution in [0.25, 0.3) is 22.1 Å². The van der Waals surface area contributed by atoms with E-state index in [1.165, 1.54) is 36.3 Å². The van der Waals surface area contributed by atoms with Crippen molar-refractivity contribution in [3.63, 3.8) is 0 Å².